The summed E-state index contributed by atoms with van der Waals surface area (Å²) in [6.07, 6.45) is -7.84. The molecule has 37 heavy (non-hydrogen) atoms. The summed E-state index contributed by atoms with van der Waals surface area (Å²) in [6, 6.07) is 0. The van der Waals surface area contributed by atoms with Gasteiger partial charge < -0.3 is 9.47 Å². The Hall–Kier alpha value is -1.96. The van der Waals surface area contributed by atoms with Gasteiger partial charge in [0.1, 0.15) is 5.88 Å². The minimum Gasteiger partial charge on any atom is -0.453 e. The van der Waals surface area contributed by atoms with Gasteiger partial charge in [-0.15, -0.1) is 11.6 Å². The van der Waals surface area contributed by atoms with Gasteiger partial charge in [-0.05, 0) is 0 Å². The lowest BCUT2D eigenvalue weighted by Crippen LogP contribution is -3.09. The molecule has 4 saturated carbocycles. The predicted octanol–water partition coefficient (Wildman–Crippen LogP) is 4.87. The zero-order chi connectivity index (χ0) is 29.5. The zero-order valence-electron chi connectivity index (χ0n) is 16.4. The van der Waals surface area contributed by atoms with Crippen molar-refractivity contribution >= 4 is 23.5 Å². The largest absolute Gasteiger partial charge is 0.453 e. The van der Waals surface area contributed by atoms with Crippen LogP contribution in [0.25, 0.3) is 0 Å². The number of hydrogen-bond donors (Lipinski definition) is 0. The molecule has 0 aliphatic heterocycles. The Morgan fingerprint density at radius 2 is 0.865 bits per heavy atom. The first-order valence-corrected chi connectivity index (χ1v) is 9.28. The van der Waals surface area contributed by atoms with Crippen LogP contribution >= 0.6 is 11.6 Å². The highest BCUT2D eigenvalue weighted by Crippen LogP contribution is 2.92. The fourth-order valence-electron chi connectivity index (χ4n) is 4.83. The van der Waals surface area contributed by atoms with Crippen LogP contribution in [0.4, 0.5) is 74.6 Å². The second-order valence-electron chi connectivity index (χ2n) is 7.96. The van der Waals surface area contributed by atoms with Crippen molar-refractivity contribution in [1.82, 2.24) is 0 Å². The van der Waals surface area contributed by atoms with Gasteiger partial charge in [0, 0.05) is 0 Å². The maximum Gasteiger partial charge on any atom is 0.424 e. The topological polar surface area (TPSA) is 52.6 Å². The summed E-state index contributed by atoms with van der Waals surface area (Å²) in [5, 5.41) is 0. The first-order chi connectivity index (χ1) is 16.1. The van der Waals surface area contributed by atoms with Crippen molar-refractivity contribution < 1.29 is 93.7 Å². The molecular formula is C15H4ClF17O4. The Labute approximate surface area is 194 Å². The van der Waals surface area contributed by atoms with Crippen LogP contribution in [-0.4, -0.2) is 83.1 Å². The molecule has 0 aromatic rings. The number of carbonyl (C=O) groups excluding carboxylic acids is 2. The number of hydrogen-bond acceptors (Lipinski definition) is 4. The first kappa shape index (κ1) is 29.6. The molecule has 4 aliphatic rings. The third kappa shape index (κ3) is 2.17. The van der Waals surface area contributed by atoms with Crippen molar-refractivity contribution in [3.8, 4) is 0 Å². The van der Waals surface area contributed by atoms with E-state index >= 15 is 0 Å². The molecule has 4 bridgehead atoms. The Morgan fingerprint density at radius 1 is 0.568 bits per heavy atom. The van der Waals surface area contributed by atoms with Crippen LogP contribution in [0, 0.1) is 5.41 Å². The van der Waals surface area contributed by atoms with Gasteiger partial charge in [0.25, 0.3) is 5.41 Å². The smallest absolute Gasteiger partial charge is 0.424 e. The number of halogens is 18. The fourth-order valence-corrected chi connectivity index (χ4v) is 4.91. The minimum absolute atomic E-state index is 1.24. The highest BCUT2D eigenvalue weighted by atomic mass is 35.5. The molecule has 0 unspecified atom stereocenters. The summed E-state index contributed by atoms with van der Waals surface area (Å²) >= 11 is 4.81. The second-order valence-corrected chi connectivity index (χ2v) is 8.22. The summed E-state index contributed by atoms with van der Waals surface area (Å²) in [4.78, 5) is 22.1. The quantitative estimate of drug-likeness (QED) is 0.255. The van der Waals surface area contributed by atoms with Crippen LogP contribution in [0.3, 0.4) is 0 Å². The molecule has 0 radical (unpaired) electrons. The molecule has 4 nitrogen and oxygen atoms in total. The Kier molecular flexibility index (Phi) is 5.42. The predicted molar refractivity (Wildman–Crippen MR) is 76.3 cm³/mol. The van der Waals surface area contributed by atoms with Crippen molar-refractivity contribution in [2.24, 2.45) is 5.41 Å². The van der Waals surface area contributed by atoms with Crippen molar-refractivity contribution in [1.29, 1.82) is 0 Å². The van der Waals surface area contributed by atoms with E-state index < -0.39 is 88.5 Å². The molecule has 4 rings (SSSR count). The first-order valence-electron chi connectivity index (χ1n) is 8.75. The van der Waals surface area contributed by atoms with Crippen LogP contribution in [0.2, 0.25) is 0 Å². The molecule has 0 aromatic heterocycles. The molecule has 22 heteroatoms. The van der Waals surface area contributed by atoms with Gasteiger partial charge in [-0.25, -0.2) is 44.3 Å². The van der Waals surface area contributed by atoms with Crippen molar-refractivity contribution in [2.75, 3.05) is 12.5 Å². The van der Waals surface area contributed by atoms with Gasteiger partial charge in [0.2, 0.25) is 0 Å². The monoisotopic (exact) mass is 606 g/mol. The Balaban J connectivity index is 2.49. The zero-order valence-corrected chi connectivity index (χ0v) is 17.1. The highest BCUT2D eigenvalue weighted by Gasteiger charge is 3.25. The van der Waals surface area contributed by atoms with E-state index in [9.17, 15) is 84.2 Å². The van der Waals surface area contributed by atoms with E-state index in [1.54, 1.807) is 0 Å². The SMILES string of the molecule is O=C(CCl)OCC(=O)OC(F)(F)C12C(F)(F)C3(F)C(F)(F)C(F)(C(F)(F)C(F)(C3(F)F)C1(F)F)C2(F)F. The molecule has 0 N–H and O–H groups in total. The normalized spacial score (nSPS) is 41.2. The van der Waals surface area contributed by atoms with E-state index in [1.807, 2.05) is 0 Å². The van der Waals surface area contributed by atoms with E-state index in [4.69, 9.17) is 11.6 Å². The maximum absolute atomic E-state index is 14.9. The van der Waals surface area contributed by atoms with Gasteiger partial charge in [-0.2, -0.15) is 35.1 Å². The van der Waals surface area contributed by atoms with Crippen molar-refractivity contribution in [3.63, 3.8) is 0 Å². The maximum atomic E-state index is 14.9. The van der Waals surface area contributed by atoms with Gasteiger partial charge in [0.15, 0.2) is 6.61 Å². The Morgan fingerprint density at radius 3 is 1.14 bits per heavy atom. The van der Waals surface area contributed by atoms with E-state index in [0.29, 0.717) is 0 Å². The number of alkyl halides is 18. The van der Waals surface area contributed by atoms with Gasteiger partial charge in [0.05, 0.1) is 0 Å². The van der Waals surface area contributed by atoms with E-state index in [-0.39, 0.29) is 0 Å². The molecule has 0 heterocycles. The van der Waals surface area contributed by atoms with Crippen LogP contribution in [-0.2, 0) is 19.1 Å². The van der Waals surface area contributed by atoms with Crippen LogP contribution in [0.15, 0.2) is 0 Å². The summed E-state index contributed by atoms with van der Waals surface area (Å²) in [5.41, 5.74) is -33.2. The molecule has 4 fully saturated rings. The molecule has 0 aromatic carbocycles. The van der Waals surface area contributed by atoms with Gasteiger partial charge in [-0.3, -0.25) is 4.79 Å². The average Bonchev–Trinajstić information content (AvgIpc) is 2.71. The van der Waals surface area contributed by atoms with Gasteiger partial charge >= 0.3 is 70.6 Å². The molecule has 0 spiro atoms. The second kappa shape index (κ2) is 6.78. The number of carbonyl (C=O) groups is 2. The van der Waals surface area contributed by atoms with E-state index in [1.165, 1.54) is 0 Å². The van der Waals surface area contributed by atoms with Crippen LogP contribution in [0.5, 0.6) is 0 Å². The van der Waals surface area contributed by atoms with Crippen LogP contribution in [0.1, 0.15) is 0 Å². The van der Waals surface area contributed by atoms with E-state index in [2.05, 4.69) is 9.47 Å². The van der Waals surface area contributed by atoms with Crippen molar-refractivity contribution in [2.45, 2.75) is 58.7 Å². The number of rotatable bonds is 5. The standard InChI is InChI=1S/C15H4ClF17O4/c16-1-3(34)36-2-4(35)37-15(32,33)5-9(20,21)6(17)12(26,27)7(18,10(5,22)23)14(30,31)8(19,11(5,24)25)13(6,28)29/h1-2H2. The lowest BCUT2D eigenvalue weighted by Gasteiger charge is -2.75. The van der Waals surface area contributed by atoms with Crippen LogP contribution < -0.4 is 0 Å². The fraction of sp³-hybridized carbons (Fsp3) is 0.867. The third-order valence-electron chi connectivity index (χ3n) is 6.45. The van der Waals surface area contributed by atoms with Crippen molar-refractivity contribution in [3.05, 3.63) is 0 Å². The third-order valence-corrected chi connectivity index (χ3v) is 6.66. The molecule has 214 valence electrons. The number of esters is 2. The molecule has 0 atom stereocenters. The van der Waals surface area contributed by atoms with E-state index in [0.717, 1.165) is 0 Å². The molecule has 0 amide bonds. The molecule has 4 aliphatic carbocycles. The summed E-state index contributed by atoms with van der Waals surface area (Å²) in [6.45, 7) is -2.37. The molecular weight excluding hydrogens is 603 g/mol. The lowest BCUT2D eigenvalue weighted by molar-refractivity contribution is -0.638. The molecule has 0 saturated heterocycles. The number of ether oxygens (including phenoxy) is 2. The Bertz CT molecular complexity index is 944. The highest BCUT2D eigenvalue weighted by molar-refractivity contribution is 6.26. The summed E-state index contributed by atoms with van der Waals surface area (Å²) in [7, 11) is 0. The minimum atomic E-state index is -8.49. The summed E-state index contributed by atoms with van der Waals surface area (Å²) < 4.78 is 254. The van der Waals surface area contributed by atoms with Gasteiger partial charge in [-0.1, -0.05) is 0 Å². The summed E-state index contributed by atoms with van der Waals surface area (Å²) in [5.74, 6) is -56.6. The lowest BCUT2D eigenvalue weighted by atomic mass is 9.36. The average molecular weight is 607 g/mol.